The zero-order chi connectivity index (χ0) is 21.6. The zero-order valence-corrected chi connectivity index (χ0v) is 17.6. The predicted octanol–water partition coefficient (Wildman–Crippen LogP) is 5.37. The van der Waals surface area contributed by atoms with Crippen molar-refractivity contribution in [1.29, 1.82) is 0 Å². The molecule has 1 aliphatic heterocycles. The predicted molar refractivity (Wildman–Crippen MR) is 122 cm³/mol. The van der Waals surface area contributed by atoms with Gasteiger partial charge in [-0.15, -0.1) is 0 Å². The molecular formula is C26H26N2O3. The maximum absolute atomic E-state index is 13.2. The smallest absolute Gasteiger partial charge is 0.258 e. The van der Waals surface area contributed by atoms with E-state index >= 15 is 0 Å². The summed E-state index contributed by atoms with van der Waals surface area (Å²) in [4.78, 5) is 26.4. The summed E-state index contributed by atoms with van der Waals surface area (Å²) in [7, 11) is 0. The molecular weight excluding hydrogens is 388 g/mol. The quantitative estimate of drug-likeness (QED) is 0.466. The second-order valence-corrected chi connectivity index (χ2v) is 7.60. The second-order valence-electron chi connectivity index (χ2n) is 7.60. The number of unbranched alkanes of at least 4 members (excludes halogenated alkanes) is 1. The molecule has 4 rings (SSSR count). The van der Waals surface area contributed by atoms with Crippen LogP contribution in [0.4, 0.5) is 11.4 Å². The monoisotopic (exact) mass is 414 g/mol. The molecule has 0 N–H and O–H groups in total. The summed E-state index contributed by atoms with van der Waals surface area (Å²) in [6, 6.07) is 26.6. The fourth-order valence-corrected chi connectivity index (χ4v) is 3.73. The van der Waals surface area contributed by atoms with Gasteiger partial charge >= 0.3 is 0 Å². The van der Waals surface area contributed by atoms with Crippen LogP contribution >= 0.6 is 0 Å². The number of benzene rings is 3. The molecule has 1 aliphatic rings. The number of hydrogen-bond acceptors (Lipinski definition) is 3. The summed E-state index contributed by atoms with van der Waals surface area (Å²) in [5.74, 6) is -0.289. The van der Waals surface area contributed by atoms with Gasteiger partial charge in [0.15, 0.2) is 0 Å². The van der Waals surface area contributed by atoms with E-state index in [2.05, 4.69) is 6.92 Å². The molecule has 0 aliphatic carbocycles. The Bertz CT molecular complexity index is 1020. The average Bonchev–Trinajstić information content (AvgIpc) is 3.07. The van der Waals surface area contributed by atoms with Crippen molar-refractivity contribution < 1.29 is 14.3 Å². The molecule has 1 atom stereocenters. The highest BCUT2D eigenvalue weighted by atomic mass is 16.5. The number of amides is 2. The SMILES string of the molecule is CCCC[C@H]1C(=O)N(c2ccccc2)N(c2ccc(OCc3ccccc3)cc2)C1=O. The van der Waals surface area contributed by atoms with Crippen LogP contribution in [0.15, 0.2) is 84.9 Å². The molecule has 1 heterocycles. The zero-order valence-electron chi connectivity index (χ0n) is 17.6. The Hall–Kier alpha value is -3.60. The molecule has 0 saturated carbocycles. The fraction of sp³-hybridized carbons (Fsp3) is 0.231. The van der Waals surface area contributed by atoms with E-state index in [1.807, 2.05) is 84.9 Å². The van der Waals surface area contributed by atoms with E-state index in [0.717, 1.165) is 18.4 Å². The van der Waals surface area contributed by atoms with Crippen LogP contribution < -0.4 is 14.8 Å². The van der Waals surface area contributed by atoms with Gasteiger partial charge in [0, 0.05) is 0 Å². The van der Waals surface area contributed by atoms with Crippen LogP contribution in [0.5, 0.6) is 5.75 Å². The molecule has 3 aromatic rings. The van der Waals surface area contributed by atoms with Crippen LogP contribution in [0.25, 0.3) is 0 Å². The summed E-state index contributed by atoms with van der Waals surface area (Å²) in [6.07, 6.45) is 2.34. The number of anilines is 2. The first-order chi connectivity index (χ1) is 15.2. The summed E-state index contributed by atoms with van der Waals surface area (Å²) in [6.45, 7) is 2.53. The van der Waals surface area contributed by atoms with Gasteiger partial charge in [0.25, 0.3) is 11.8 Å². The van der Waals surface area contributed by atoms with Crippen molar-refractivity contribution >= 4 is 23.2 Å². The molecule has 1 saturated heterocycles. The third kappa shape index (κ3) is 4.45. The molecule has 3 aromatic carbocycles. The third-order valence-electron chi connectivity index (χ3n) is 5.39. The van der Waals surface area contributed by atoms with Gasteiger partial charge in [-0.3, -0.25) is 9.59 Å². The summed E-state index contributed by atoms with van der Waals surface area (Å²) >= 11 is 0. The number of hydrogen-bond donors (Lipinski definition) is 0. The topological polar surface area (TPSA) is 49.9 Å². The maximum Gasteiger partial charge on any atom is 0.258 e. The molecule has 0 aromatic heterocycles. The largest absolute Gasteiger partial charge is 0.489 e. The molecule has 1 fully saturated rings. The third-order valence-corrected chi connectivity index (χ3v) is 5.39. The van der Waals surface area contributed by atoms with E-state index in [4.69, 9.17) is 4.74 Å². The molecule has 31 heavy (non-hydrogen) atoms. The highest BCUT2D eigenvalue weighted by Crippen LogP contribution is 2.34. The van der Waals surface area contributed by atoms with Crippen molar-refractivity contribution in [1.82, 2.24) is 0 Å². The van der Waals surface area contributed by atoms with Crippen LogP contribution in [0.2, 0.25) is 0 Å². The highest BCUT2D eigenvalue weighted by molar-refractivity contribution is 6.23. The Kier molecular flexibility index (Phi) is 6.32. The van der Waals surface area contributed by atoms with Gasteiger partial charge < -0.3 is 4.74 Å². The lowest BCUT2D eigenvalue weighted by molar-refractivity contribution is -0.127. The van der Waals surface area contributed by atoms with Crippen LogP contribution in [0.1, 0.15) is 31.7 Å². The van der Waals surface area contributed by atoms with Gasteiger partial charge in [0.05, 0.1) is 11.4 Å². The minimum atomic E-state index is -0.644. The standard InChI is InChI=1S/C26H26N2O3/c1-2-3-14-24-25(29)27(21-12-8-5-9-13-21)28(26(24)30)22-15-17-23(18-16-22)31-19-20-10-6-4-7-11-20/h4-13,15-18,24H,2-3,14,19H2,1H3/t24-/m0/s1. The molecule has 5 heteroatoms. The minimum Gasteiger partial charge on any atom is -0.489 e. The first-order valence-corrected chi connectivity index (χ1v) is 10.7. The van der Waals surface area contributed by atoms with Crippen LogP contribution in [0.3, 0.4) is 0 Å². The Labute approximate surface area is 182 Å². The van der Waals surface area contributed by atoms with Crippen molar-refractivity contribution in [2.45, 2.75) is 32.8 Å². The van der Waals surface area contributed by atoms with Crippen LogP contribution in [-0.2, 0) is 16.2 Å². The molecule has 158 valence electrons. The lowest BCUT2D eigenvalue weighted by Gasteiger charge is -2.27. The second kappa shape index (κ2) is 9.47. The number of para-hydroxylation sites is 1. The van der Waals surface area contributed by atoms with E-state index in [1.54, 1.807) is 0 Å². The number of hydrazine groups is 1. The van der Waals surface area contributed by atoms with Gasteiger partial charge in [-0.25, -0.2) is 10.0 Å². The Morgan fingerprint density at radius 1 is 0.742 bits per heavy atom. The highest BCUT2D eigenvalue weighted by Gasteiger charge is 2.46. The van der Waals surface area contributed by atoms with Gasteiger partial charge in [-0.1, -0.05) is 68.3 Å². The first-order valence-electron chi connectivity index (χ1n) is 10.7. The van der Waals surface area contributed by atoms with Crippen molar-refractivity contribution in [2.75, 3.05) is 10.0 Å². The van der Waals surface area contributed by atoms with Gasteiger partial charge in [0.1, 0.15) is 18.3 Å². The van der Waals surface area contributed by atoms with Crippen LogP contribution in [0, 0.1) is 5.92 Å². The van der Waals surface area contributed by atoms with Crippen molar-refractivity contribution in [3.8, 4) is 5.75 Å². The van der Waals surface area contributed by atoms with Gasteiger partial charge in [0.2, 0.25) is 0 Å². The lowest BCUT2D eigenvalue weighted by Crippen LogP contribution is -2.41. The van der Waals surface area contributed by atoms with Crippen LogP contribution in [-0.4, -0.2) is 11.8 Å². The molecule has 0 spiro atoms. The summed E-state index contributed by atoms with van der Waals surface area (Å²) in [5, 5.41) is 3.00. The van der Waals surface area contributed by atoms with E-state index in [0.29, 0.717) is 30.2 Å². The average molecular weight is 415 g/mol. The van der Waals surface area contributed by atoms with E-state index in [9.17, 15) is 9.59 Å². The lowest BCUT2D eigenvalue weighted by atomic mass is 10.0. The number of carbonyl (C=O) groups is 2. The van der Waals surface area contributed by atoms with Crippen molar-refractivity contribution in [2.24, 2.45) is 5.92 Å². The summed E-state index contributed by atoms with van der Waals surface area (Å²) in [5.41, 5.74) is 2.42. The number of carbonyl (C=O) groups excluding carboxylic acids is 2. The fourth-order valence-electron chi connectivity index (χ4n) is 3.73. The molecule has 2 amide bonds. The summed E-state index contributed by atoms with van der Waals surface area (Å²) < 4.78 is 5.86. The van der Waals surface area contributed by atoms with Crippen molar-refractivity contribution in [3.05, 3.63) is 90.5 Å². The Morgan fingerprint density at radius 2 is 1.29 bits per heavy atom. The number of nitrogens with zero attached hydrogens (tertiary/aromatic N) is 2. The maximum atomic E-state index is 13.2. The molecule has 5 nitrogen and oxygen atoms in total. The van der Waals surface area contributed by atoms with E-state index in [-0.39, 0.29) is 11.8 Å². The van der Waals surface area contributed by atoms with Gasteiger partial charge in [-0.2, -0.15) is 0 Å². The van der Waals surface area contributed by atoms with E-state index in [1.165, 1.54) is 10.0 Å². The molecule has 0 radical (unpaired) electrons. The Morgan fingerprint density at radius 3 is 1.87 bits per heavy atom. The first kappa shape index (κ1) is 20.7. The van der Waals surface area contributed by atoms with Crippen molar-refractivity contribution in [3.63, 3.8) is 0 Å². The Balaban J connectivity index is 1.57. The minimum absolute atomic E-state index is 0.172. The normalized spacial score (nSPS) is 16.1. The molecule has 0 unspecified atom stereocenters. The number of ether oxygens (including phenoxy) is 1. The number of rotatable bonds is 8. The molecule has 0 bridgehead atoms. The van der Waals surface area contributed by atoms with Gasteiger partial charge in [-0.05, 0) is 48.4 Å². The van der Waals surface area contributed by atoms with E-state index < -0.39 is 5.92 Å².